The van der Waals surface area contributed by atoms with Crippen molar-refractivity contribution >= 4 is 29.5 Å². The van der Waals surface area contributed by atoms with E-state index in [1.165, 1.54) is 0 Å². The molecule has 3 rings (SSSR count). The molecule has 1 aliphatic rings. The van der Waals surface area contributed by atoms with Gasteiger partial charge in [0.15, 0.2) is 11.5 Å². The molecule has 7 heteroatoms. The fourth-order valence-corrected chi connectivity index (χ4v) is 2.64. The molecule has 1 heterocycles. The summed E-state index contributed by atoms with van der Waals surface area (Å²) in [5, 5.41) is 5.62. The van der Waals surface area contributed by atoms with Crippen LogP contribution in [-0.4, -0.2) is 25.2 Å². The van der Waals surface area contributed by atoms with Gasteiger partial charge in [-0.2, -0.15) is 0 Å². The van der Waals surface area contributed by atoms with E-state index in [-0.39, 0.29) is 18.1 Å². The molecule has 1 aliphatic heterocycles. The topological polar surface area (TPSA) is 76.7 Å². The number of likely N-dealkylation sites (N-methyl/N-ethyl adjacent to an activating group) is 1. The van der Waals surface area contributed by atoms with Crippen LogP contribution in [0.25, 0.3) is 6.08 Å². The molecule has 2 aromatic rings. The number of ether oxygens (including phenoxy) is 2. The second-order valence-electron chi connectivity index (χ2n) is 5.46. The van der Waals surface area contributed by atoms with Crippen molar-refractivity contribution < 1.29 is 19.1 Å². The van der Waals surface area contributed by atoms with E-state index in [1.54, 1.807) is 55.5 Å². The highest BCUT2D eigenvalue weighted by Gasteiger charge is 2.17. The highest BCUT2D eigenvalue weighted by Crippen LogP contribution is 2.33. The zero-order valence-corrected chi connectivity index (χ0v) is 14.8. The van der Waals surface area contributed by atoms with Gasteiger partial charge in [0.05, 0.1) is 10.6 Å². The summed E-state index contributed by atoms with van der Waals surface area (Å²) in [5.41, 5.74) is 1.08. The van der Waals surface area contributed by atoms with Crippen molar-refractivity contribution in [3.05, 3.63) is 64.3 Å². The molecule has 2 amide bonds. The van der Waals surface area contributed by atoms with Crippen molar-refractivity contribution in [1.29, 1.82) is 0 Å². The number of hydrogen-bond acceptors (Lipinski definition) is 4. The second-order valence-corrected chi connectivity index (χ2v) is 5.87. The zero-order chi connectivity index (χ0) is 18.5. The molecule has 0 spiro atoms. The Hall–Kier alpha value is -2.99. The summed E-state index contributed by atoms with van der Waals surface area (Å²) >= 11 is 6.06. The first kappa shape index (κ1) is 17.8. The molecule has 2 N–H and O–H groups in total. The van der Waals surface area contributed by atoms with Crippen LogP contribution in [0.15, 0.2) is 48.2 Å². The minimum absolute atomic E-state index is 0.107. The van der Waals surface area contributed by atoms with Gasteiger partial charge in [0.2, 0.25) is 6.79 Å². The van der Waals surface area contributed by atoms with Gasteiger partial charge in [-0.3, -0.25) is 9.59 Å². The molecule has 6 nitrogen and oxygen atoms in total. The van der Waals surface area contributed by atoms with Crippen LogP contribution in [-0.2, 0) is 4.79 Å². The highest BCUT2D eigenvalue weighted by molar-refractivity contribution is 6.34. The maximum Gasteiger partial charge on any atom is 0.267 e. The van der Waals surface area contributed by atoms with E-state index in [0.29, 0.717) is 28.6 Å². The van der Waals surface area contributed by atoms with Gasteiger partial charge in [0, 0.05) is 6.54 Å². The lowest BCUT2D eigenvalue weighted by Crippen LogP contribution is -2.34. The quantitative estimate of drug-likeness (QED) is 0.791. The van der Waals surface area contributed by atoms with Crippen LogP contribution in [0.5, 0.6) is 11.5 Å². The average Bonchev–Trinajstić information content (AvgIpc) is 3.09. The van der Waals surface area contributed by atoms with Gasteiger partial charge in [0.1, 0.15) is 5.70 Å². The monoisotopic (exact) mass is 372 g/mol. The third-order valence-electron chi connectivity index (χ3n) is 3.66. The molecule has 134 valence electrons. The number of hydrogen-bond donors (Lipinski definition) is 2. The Labute approximate surface area is 155 Å². The molecule has 26 heavy (non-hydrogen) atoms. The fourth-order valence-electron chi connectivity index (χ4n) is 2.42. The number of rotatable bonds is 5. The Balaban J connectivity index is 1.89. The van der Waals surface area contributed by atoms with Crippen molar-refractivity contribution in [3.8, 4) is 11.5 Å². The number of nitrogens with one attached hydrogen (secondary N) is 2. The average molecular weight is 373 g/mol. The van der Waals surface area contributed by atoms with E-state index in [1.807, 2.05) is 0 Å². The summed E-state index contributed by atoms with van der Waals surface area (Å²) < 4.78 is 10.6. The summed E-state index contributed by atoms with van der Waals surface area (Å²) in [6.07, 6.45) is 1.57. The van der Waals surface area contributed by atoms with Gasteiger partial charge in [-0.25, -0.2) is 0 Å². The third kappa shape index (κ3) is 3.97. The molecule has 2 aromatic carbocycles. The molecule has 0 aliphatic carbocycles. The maximum absolute atomic E-state index is 12.5. The van der Waals surface area contributed by atoms with Crippen LogP contribution in [0.3, 0.4) is 0 Å². The first-order valence-corrected chi connectivity index (χ1v) is 8.41. The van der Waals surface area contributed by atoms with Gasteiger partial charge in [0.25, 0.3) is 11.8 Å². The maximum atomic E-state index is 12.5. The summed E-state index contributed by atoms with van der Waals surface area (Å²) in [6, 6.07) is 11.9. The van der Waals surface area contributed by atoms with Gasteiger partial charge in [-0.1, -0.05) is 29.8 Å². The molecule has 0 fully saturated rings. The lowest BCUT2D eigenvalue weighted by molar-refractivity contribution is -0.117. The van der Waals surface area contributed by atoms with Crippen LogP contribution >= 0.6 is 11.6 Å². The Morgan fingerprint density at radius 2 is 1.92 bits per heavy atom. The molecule has 0 saturated carbocycles. The fraction of sp³-hybridized carbons (Fsp3) is 0.158. The lowest BCUT2D eigenvalue weighted by Gasteiger charge is -2.11. The zero-order valence-electron chi connectivity index (χ0n) is 14.0. The van der Waals surface area contributed by atoms with E-state index in [9.17, 15) is 9.59 Å². The molecule has 0 saturated heterocycles. The number of amides is 2. The van der Waals surface area contributed by atoms with E-state index in [0.717, 1.165) is 0 Å². The number of carbonyl (C=O) groups excluding carboxylic acids is 2. The number of halogens is 1. The molecule has 0 unspecified atom stereocenters. The summed E-state index contributed by atoms with van der Waals surface area (Å²) in [7, 11) is 0. The van der Waals surface area contributed by atoms with Crippen LogP contribution in [0, 0.1) is 0 Å². The minimum Gasteiger partial charge on any atom is -0.454 e. The predicted molar refractivity (Wildman–Crippen MR) is 98.1 cm³/mol. The first-order valence-electron chi connectivity index (χ1n) is 8.04. The Morgan fingerprint density at radius 1 is 1.15 bits per heavy atom. The second kappa shape index (κ2) is 7.93. The molecule has 0 bridgehead atoms. The van der Waals surface area contributed by atoms with E-state index < -0.39 is 11.8 Å². The molecule has 0 aromatic heterocycles. The molecular weight excluding hydrogens is 356 g/mol. The predicted octanol–water partition coefficient (Wildman–Crippen LogP) is 2.98. The van der Waals surface area contributed by atoms with Gasteiger partial charge in [-0.15, -0.1) is 0 Å². The van der Waals surface area contributed by atoms with Gasteiger partial charge in [-0.05, 0) is 42.8 Å². The Morgan fingerprint density at radius 3 is 2.69 bits per heavy atom. The van der Waals surface area contributed by atoms with Crippen LogP contribution in [0.1, 0.15) is 22.8 Å². The molecular formula is C19H17ClN2O4. The standard InChI is InChI=1S/C19H17ClN2O4/c1-2-21-19(24)15(22-18(23)13-5-3-4-6-14(13)20)9-12-7-8-16-17(10-12)26-11-25-16/h3-10H,2,11H2,1H3,(H,21,24)(H,22,23)/b15-9-. The van der Waals surface area contributed by atoms with E-state index >= 15 is 0 Å². The first-order chi connectivity index (χ1) is 12.6. The van der Waals surface area contributed by atoms with Crippen molar-refractivity contribution in [3.63, 3.8) is 0 Å². The number of carbonyl (C=O) groups is 2. The van der Waals surface area contributed by atoms with Crippen LogP contribution < -0.4 is 20.1 Å². The van der Waals surface area contributed by atoms with Crippen molar-refractivity contribution in [2.75, 3.05) is 13.3 Å². The van der Waals surface area contributed by atoms with Crippen LogP contribution in [0.4, 0.5) is 0 Å². The number of fused-ring (bicyclic) bond motifs is 1. The summed E-state index contributed by atoms with van der Waals surface area (Å²) in [4.78, 5) is 24.9. The smallest absolute Gasteiger partial charge is 0.267 e. The SMILES string of the molecule is CCNC(=O)/C(=C/c1ccc2c(c1)OCO2)NC(=O)c1ccccc1Cl. The van der Waals surface area contributed by atoms with Crippen LogP contribution in [0.2, 0.25) is 5.02 Å². The van der Waals surface area contributed by atoms with E-state index in [2.05, 4.69) is 10.6 Å². The molecule has 0 radical (unpaired) electrons. The van der Waals surface area contributed by atoms with Gasteiger partial charge < -0.3 is 20.1 Å². The normalized spacial score (nSPS) is 12.6. The third-order valence-corrected chi connectivity index (χ3v) is 3.99. The summed E-state index contributed by atoms with van der Waals surface area (Å²) in [6.45, 7) is 2.39. The number of benzene rings is 2. The molecule has 0 atom stereocenters. The van der Waals surface area contributed by atoms with Gasteiger partial charge >= 0.3 is 0 Å². The summed E-state index contributed by atoms with van der Waals surface area (Å²) in [5.74, 6) is 0.368. The Kier molecular flexibility index (Phi) is 5.43. The van der Waals surface area contributed by atoms with Crippen molar-refractivity contribution in [1.82, 2.24) is 10.6 Å². The lowest BCUT2D eigenvalue weighted by atomic mass is 10.1. The highest BCUT2D eigenvalue weighted by atomic mass is 35.5. The van der Waals surface area contributed by atoms with Crippen molar-refractivity contribution in [2.24, 2.45) is 0 Å². The van der Waals surface area contributed by atoms with Crippen molar-refractivity contribution in [2.45, 2.75) is 6.92 Å². The van der Waals surface area contributed by atoms with E-state index in [4.69, 9.17) is 21.1 Å². The minimum atomic E-state index is -0.464. The largest absolute Gasteiger partial charge is 0.454 e. The Bertz CT molecular complexity index is 880.